The van der Waals surface area contributed by atoms with Gasteiger partial charge in [0.15, 0.2) is 0 Å². The number of amides is 1. The Hall–Kier alpha value is -1.02. The molecule has 3 atom stereocenters. The van der Waals surface area contributed by atoms with E-state index in [0.717, 1.165) is 38.5 Å². The maximum absolute atomic E-state index is 12.8. The van der Waals surface area contributed by atoms with E-state index in [0.29, 0.717) is 6.42 Å². The summed E-state index contributed by atoms with van der Waals surface area (Å²) in [6, 6.07) is -0.859. The van der Waals surface area contributed by atoms with Gasteiger partial charge in [-0.05, 0) is 44.9 Å². The number of hydrogen-bond donors (Lipinski definition) is 4. The van der Waals surface area contributed by atoms with Crippen molar-refractivity contribution in [2.24, 2.45) is 5.73 Å². The quantitative estimate of drug-likeness (QED) is 0.0273. The SMILES string of the molecule is CCCCCCCCCC/C=C\CCCCCCCCCCCC(=O)NC(COP(=O)(O)OCCN)C(O)/C=C/CCCCCCCCCCCCCCCC. The number of carbonyl (C=O) groups excluding carboxylic acids is 1. The van der Waals surface area contributed by atoms with Crippen molar-refractivity contribution in [2.75, 3.05) is 19.8 Å². The van der Waals surface area contributed by atoms with E-state index in [-0.39, 0.29) is 25.7 Å². The van der Waals surface area contributed by atoms with Crippen LogP contribution in [0.15, 0.2) is 24.3 Å². The van der Waals surface area contributed by atoms with Crippen molar-refractivity contribution in [1.82, 2.24) is 5.32 Å². The van der Waals surface area contributed by atoms with Gasteiger partial charge in [-0.2, -0.15) is 0 Å². The second-order valence-corrected chi connectivity index (χ2v) is 17.8. The van der Waals surface area contributed by atoms with Gasteiger partial charge in [0.1, 0.15) is 0 Å². The van der Waals surface area contributed by atoms with E-state index < -0.39 is 20.0 Å². The Morgan fingerprint density at radius 1 is 0.571 bits per heavy atom. The zero-order valence-electron chi connectivity index (χ0n) is 36.9. The number of carbonyl (C=O) groups is 1. The van der Waals surface area contributed by atoms with Crippen LogP contribution in [0, 0.1) is 0 Å². The van der Waals surface area contributed by atoms with Crippen LogP contribution in [-0.4, -0.2) is 47.8 Å². The van der Waals surface area contributed by atoms with Crippen LogP contribution in [0.5, 0.6) is 0 Å². The van der Waals surface area contributed by atoms with Crippen molar-refractivity contribution in [1.29, 1.82) is 0 Å². The van der Waals surface area contributed by atoms with Gasteiger partial charge in [0.25, 0.3) is 0 Å². The fourth-order valence-corrected chi connectivity index (χ4v) is 7.89. The van der Waals surface area contributed by atoms with Crippen molar-refractivity contribution in [3.8, 4) is 0 Å². The van der Waals surface area contributed by atoms with Crippen LogP contribution in [0.25, 0.3) is 0 Å². The molecule has 56 heavy (non-hydrogen) atoms. The third-order valence-electron chi connectivity index (χ3n) is 10.8. The Balaban J connectivity index is 4.12. The molecule has 0 radical (unpaired) electrons. The van der Waals surface area contributed by atoms with Gasteiger partial charge < -0.3 is 21.1 Å². The molecule has 0 saturated heterocycles. The van der Waals surface area contributed by atoms with Crippen LogP contribution in [0.3, 0.4) is 0 Å². The number of phosphoric ester groups is 1. The van der Waals surface area contributed by atoms with E-state index in [1.807, 2.05) is 6.08 Å². The largest absolute Gasteiger partial charge is 0.472 e. The van der Waals surface area contributed by atoms with Crippen LogP contribution in [0.2, 0.25) is 0 Å². The average Bonchev–Trinajstić information content (AvgIpc) is 3.19. The Morgan fingerprint density at radius 3 is 1.32 bits per heavy atom. The summed E-state index contributed by atoms with van der Waals surface area (Å²) in [5.41, 5.74) is 5.38. The van der Waals surface area contributed by atoms with E-state index in [4.69, 9.17) is 14.8 Å². The molecule has 0 aliphatic heterocycles. The molecule has 0 rings (SSSR count). The van der Waals surface area contributed by atoms with Crippen molar-refractivity contribution >= 4 is 13.7 Å². The topological polar surface area (TPSA) is 131 Å². The first kappa shape index (κ1) is 55.0. The zero-order chi connectivity index (χ0) is 41.1. The molecule has 332 valence electrons. The number of nitrogens with two attached hydrogens (primary N) is 1. The molecule has 8 nitrogen and oxygen atoms in total. The van der Waals surface area contributed by atoms with Crippen LogP contribution in [0.4, 0.5) is 0 Å². The van der Waals surface area contributed by atoms with Crippen molar-refractivity contribution in [2.45, 2.75) is 251 Å². The molecule has 5 N–H and O–H groups in total. The summed E-state index contributed by atoms with van der Waals surface area (Å²) >= 11 is 0. The molecule has 0 saturated carbocycles. The monoisotopic (exact) mass is 813 g/mol. The van der Waals surface area contributed by atoms with Gasteiger partial charge in [-0.25, -0.2) is 4.57 Å². The Morgan fingerprint density at radius 2 is 0.929 bits per heavy atom. The fraction of sp³-hybridized carbons (Fsp3) is 0.894. The number of nitrogens with one attached hydrogen (secondary N) is 1. The van der Waals surface area contributed by atoms with Crippen molar-refractivity contribution in [3.05, 3.63) is 24.3 Å². The Bertz CT molecular complexity index is 932. The summed E-state index contributed by atoms with van der Waals surface area (Å²) in [5.74, 6) is -0.194. The standard InChI is InChI=1S/C47H93N2O6P/c1-3-5-7-9-11-13-15-17-19-21-22-23-24-25-27-29-31-33-35-37-39-41-47(51)49-45(44-55-56(52,53)54-43-42-48)46(50)40-38-36-34-32-30-28-26-20-18-16-14-12-10-8-6-4-2/h21-22,38,40,45-46,50H,3-20,23-37,39,41-44,48H2,1-2H3,(H,49,51)(H,52,53)/b22-21-,40-38+. The second kappa shape index (κ2) is 43.6. The molecular formula is C47H93N2O6P. The summed E-state index contributed by atoms with van der Waals surface area (Å²) in [6.45, 7) is 4.16. The normalized spacial score (nSPS) is 14.2. The number of aliphatic hydroxyl groups is 1. The molecule has 0 heterocycles. The van der Waals surface area contributed by atoms with Gasteiger partial charge in [0, 0.05) is 13.0 Å². The third kappa shape index (κ3) is 41.2. The predicted molar refractivity (Wildman–Crippen MR) is 240 cm³/mol. The number of unbranched alkanes of at least 4 members (excludes halogenated alkanes) is 31. The van der Waals surface area contributed by atoms with Gasteiger partial charge in [-0.15, -0.1) is 0 Å². The van der Waals surface area contributed by atoms with E-state index in [1.165, 1.54) is 180 Å². The molecule has 0 bridgehead atoms. The first-order chi connectivity index (χ1) is 27.4. The molecule has 0 aromatic heterocycles. The molecule has 0 aliphatic rings. The predicted octanol–water partition coefficient (Wildman–Crippen LogP) is 13.7. The number of phosphoric acid groups is 1. The minimum absolute atomic E-state index is 0.0794. The van der Waals surface area contributed by atoms with Gasteiger partial charge in [-0.1, -0.05) is 212 Å². The smallest absolute Gasteiger partial charge is 0.387 e. The van der Waals surface area contributed by atoms with Gasteiger partial charge in [0.05, 0.1) is 25.4 Å². The van der Waals surface area contributed by atoms with E-state index in [1.54, 1.807) is 6.08 Å². The Labute approximate surface area is 347 Å². The molecule has 0 fully saturated rings. The summed E-state index contributed by atoms with van der Waals surface area (Å²) in [5, 5.41) is 13.7. The minimum Gasteiger partial charge on any atom is -0.387 e. The highest BCUT2D eigenvalue weighted by Crippen LogP contribution is 2.43. The average molecular weight is 813 g/mol. The highest BCUT2D eigenvalue weighted by molar-refractivity contribution is 7.47. The lowest BCUT2D eigenvalue weighted by molar-refractivity contribution is -0.123. The van der Waals surface area contributed by atoms with Crippen LogP contribution < -0.4 is 11.1 Å². The lowest BCUT2D eigenvalue weighted by Gasteiger charge is -2.23. The fourth-order valence-electron chi connectivity index (χ4n) is 7.13. The van der Waals surface area contributed by atoms with Gasteiger partial charge in [0.2, 0.25) is 5.91 Å². The lowest BCUT2D eigenvalue weighted by atomic mass is 10.0. The maximum Gasteiger partial charge on any atom is 0.472 e. The van der Waals surface area contributed by atoms with E-state index >= 15 is 0 Å². The van der Waals surface area contributed by atoms with Crippen LogP contribution in [0.1, 0.15) is 239 Å². The molecule has 3 unspecified atom stereocenters. The van der Waals surface area contributed by atoms with Crippen LogP contribution >= 0.6 is 7.82 Å². The van der Waals surface area contributed by atoms with Gasteiger partial charge in [-0.3, -0.25) is 13.8 Å². The number of rotatable bonds is 45. The van der Waals surface area contributed by atoms with Crippen molar-refractivity contribution < 1.29 is 28.4 Å². The van der Waals surface area contributed by atoms with Crippen molar-refractivity contribution in [3.63, 3.8) is 0 Å². The summed E-state index contributed by atoms with van der Waals surface area (Å²) in [4.78, 5) is 22.8. The molecular weight excluding hydrogens is 719 g/mol. The molecule has 9 heteroatoms. The molecule has 0 aliphatic carbocycles. The van der Waals surface area contributed by atoms with E-state index in [2.05, 4.69) is 31.3 Å². The van der Waals surface area contributed by atoms with Crippen LogP contribution in [-0.2, 0) is 18.4 Å². The summed E-state index contributed by atoms with van der Waals surface area (Å²) in [7, 11) is -4.34. The first-order valence-corrected chi connectivity index (χ1v) is 25.5. The molecule has 0 aromatic carbocycles. The highest BCUT2D eigenvalue weighted by atomic mass is 31.2. The minimum atomic E-state index is -4.34. The number of allylic oxidation sites excluding steroid dienone is 3. The summed E-state index contributed by atoms with van der Waals surface area (Å²) in [6.07, 6.45) is 50.9. The summed E-state index contributed by atoms with van der Waals surface area (Å²) < 4.78 is 22.2. The second-order valence-electron chi connectivity index (χ2n) is 16.3. The van der Waals surface area contributed by atoms with Gasteiger partial charge >= 0.3 is 7.82 Å². The number of aliphatic hydroxyl groups excluding tert-OH is 1. The molecule has 1 amide bonds. The van der Waals surface area contributed by atoms with E-state index in [9.17, 15) is 19.4 Å². The highest BCUT2D eigenvalue weighted by Gasteiger charge is 2.26. The molecule has 0 spiro atoms. The Kier molecular flexibility index (Phi) is 42.8. The zero-order valence-corrected chi connectivity index (χ0v) is 37.8. The number of hydrogen-bond acceptors (Lipinski definition) is 6. The maximum atomic E-state index is 12.8. The molecule has 0 aromatic rings. The first-order valence-electron chi connectivity index (χ1n) is 24.0. The lowest BCUT2D eigenvalue weighted by Crippen LogP contribution is -2.45. The third-order valence-corrected chi connectivity index (χ3v) is 11.8.